The van der Waals surface area contributed by atoms with E-state index in [2.05, 4.69) is 4.98 Å². The van der Waals surface area contributed by atoms with Gasteiger partial charge < -0.3 is 4.74 Å². The van der Waals surface area contributed by atoms with Gasteiger partial charge in [-0.25, -0.2) is 4.98 Å². The molecule has 1 aromatic rings. The van der Waals surface area contributed by atoms with Crippen LogP contribution in [0.25, 0.3) is 0 Å². The molecule has 1 atom stereocenters. The summed E-state index contributed by atoms with van der Waals surface area (Å²) in [4.78, 5) is 3.86. The molecule has 0 bridgehead atoms. The molecule has 0 aliphatic heterocycles. The number of aromatic nitrogens is 1. The molecule has 1 heterocycles. The van der Waals surface area contributed by atoms with Crippen molar-refractivity contribution in [1.29, 1.82) is 0 Å². The van der Waals surface area contributed by atoms with Crippen LogP contribution in [0.3, 0.4) is 0 Å². The molecule has 0 amide bonds. The minimum absolute atomic E-state index is 0.154. The normalized spacial score (nSPS) is 14.2. The largest absolute Gasteiger partial charge is 0.372 e. The maximum atomic E-state index is 10.7. The Kier molecular flexibility index (Phi) is 3.59. The maximum Gasteiger partial charge on any atom is 0.305 e. The van der Waals surface area contributed by atoms with Crippen LogP contribution in [0.1, 0.15) is 25.0 Å². The van der Waals surface area contributed by atoms with Crippen LogP contribution in [0.2, 0.25) is 0 Å². The van der Waals surface area contributed by atoms with Crippen LogP contribution >= 0.6 is 11.3 Å². The lowest BCUT2D eigenvalue weighted by Gasteiger charge is -2.06. The first-order valence-electron chi connectivity index (χ1n) is 4.00. The van der Waals surface area contributed by atoms with Gasteiger partial charge in [0, 0.05) is 6.61 Å². The van der Waals surface area contributed by atoms with Gasteiger partial charge in [0.25, 0.3) is 0 Å². The molecule has 0 aliphatic rings. The zero-order valence-corrected chi connectivity index (χ0v) is 9.43. The lowest BCUT2D eigenvalue weighted by molar-refractivity contribution is 0.0762. The lowest BCUT2D eigenvalue weighted by Crippen LogP contribution is -1.98. The summed E-state index contributed by atoms with van der Waals surface area (Å²) >= 11 is 0.914. The summed E-state index contributed by atoms with van der Waals surface area (Å²) in [6, 6.07) is 0. The molecule has 0 radical (unpaired) electrons. The minimum Gasteiger partial charge on any atom is -0.372 e. The molecule has 1 rings (SSSR count). The first-order valence-corrected chi connectivity index (χ1v) is 6.25. The Morgan fingerprint density at radius 1 is 1.71 bits per heavy atom. The number of nitrogens with zero attached hydrogens (tertiary/aromatic N) is 1. The van der Waals surface area contributed by atoms with Crippen molar-refractivity contribution in [3.63, 3.8) is 0 Å². The number of hydrogen-bond donors (Lipinski definition) is 1. The van der Waals surface area contributed by atoms with Gasteiger partial charge in [-0.05, 0) is 13.8 Å². The fraction of sp³-hybridized carbons (Fsp3) is 0.571. The monoisotopic (exact) mass is 237 g/mol. The zero-order chi connectivity index (χ0) is 10.8. The molecule has 5 nitrogen and oxygen atoms in total. The molecule has 7 heteroatoms. The standard InChI is InChI=1S/C7H11NO4S2/c1-3-12-5(2)7-8-4-6(13-7)14(9,10)11/h4-5H,3H2,1-2H3,(H,9,10,11). The second-order valence-corrected chi connectivity index (χ2v) is 5.30. The maximum absolute atomic E-state index is 10.7. The first kappa shape index (κ1) is 11.6. The summed E-state index contributed by atoms with van der Waals surface area (Å²) in [5, 5.41) is 0.541. The average Bonchev–Trinajstić information content (AvgIpc) is 2.51. The highest BCUT2D eigenvalue weighted by Gasteiger charge is 2.17. The van der Waals surface area contributed by atoms with Crippen LogP contribution in [-0.4, -0.2) is 24.6 Å². The molecule has 1 N–H and O–H groups in total. The molecular weight excluding hydrogens is 226 g/mol. The third-order valence-corrected chi connectivity index (χ3v) is 3.97. The van der Waals surface area contributed by atoms with E-state index in [1.165, 1.54) is 0 Å². The second kappa shape index (κ2) is 4.35. The Balaban J connectivity index is 2.88. The summed E-state index contributed by atoms with van der Waals surface area (Å²) < 4.78 is 35.2. The Morgan fingerprint density at radius 3 is 2.79 bits per heavy atom. The van der Waals surface area contributed by atoms with Crippen molar-refractivity contribution in [2.75, 3.05) is 6.61 Å². The topological polar surface area (TPSA) is 76.5 Å². The van der Waals surface area contributed by atoms with Crippen LogP contribution in [-0.2, 0) is 14.9 Å². The van der Waals surface area contributed by atoms with Crippen molar-refractivity contribution in [2.24, 2.45) is 0 Å². The van der Waals surface area contributed by atoms with Gasteiger partial charge in [-0.15, -0.1) is 11.3 Å². The summed E-state index contributed by atoms with van der Waals surface area (Å²) in [6.07, 6.45) is 0.880. The van der Waals surface area contributed by atoms with Gasteiger partial charge in [-0.2, -0.15) is 8.42 Å². The molecule has 14 heavy (non-hydrogen) atoms. The van der Waals surface area contributed by atoms with Crippen LogP contribution in [0.4, 0.5) is 0 Å². The molecule has 0 spiro atoms. The van der Waals surface area contributed by atoms with E-state index in [4.69, 9.17) is 9.29 Å². The number of hydrogen-bond acceptors (Lipinski definition) is 5. The Hall–Kier alpha value is -0.500. The fourth-order valence-electron chi connectivity index (χ4n) is 0.901. The van der Waals surface area contributed by atoms with Gasteiger partial charge in [-0.1, -0.05) is 0 Å². The predicted octanol–water partition coefficient (Wildman–Crippen LogP) is 1.49. The molecule has 1 unspecified atom stereocenters. The number of ether oxygens (including phenoxy) is 1. The minimum atomic E-state index is -4.13. The third-order valence-electron chi connectivity index (χ3n) is 1.52. The quantitative estimate of drug-likeness (QED) is 0.803. The summed E-state index contributed by atoms with van der Waals surface area (Å²) in [5.41, 5.74) is 0. The van der Waals surface area contributed by atoms with E-state index < -0.39 is 10.1 Å². The molecule has 0 saturated heterocycles. The van der Waals surface area contributed by atoms with Crippen molar-refractivity contribution in [3.05, 3.63) is 11.2 Å². The smallest absolute Gasteiger partial charge is 0.305 e. The molecular formula is C7H11NO4S2. The van der Waals surface area contributed by atoms with Gasteiger partial charge in [-0.3, -0.25) is 4.55 Å². The van der Waals surface area contributed by atoms with Crippen molar-refractivity contribution >= 4 is 21.5 Å². The highest BCUT2D eigenvalue weighted by Crippen LogP contribution is 2.25. The van der Waals surface area contributed by atoms with Gasteiger partial charge in [0.2, 0.25) is 0 Å². The summed E-state index contributed by atoms with van der Waals surface area (Å²) in [6.45, 7) is 4.14. The van der Waals surface area contributed by atoms with Gasteiger partial charge in [0.05, 0.1) is 6.20 Å². The molecule has 0 fully saturated rings. The van der Waals surface area contributed by atoms with Crippen molar-refractivity contribution < 1.29 is 17.7 Å². The van der Waals surface area contributed by atoms with E-state index >= 15 is 0 Å². The highest BCUT2D eigenvalue weighted by molar-refractivity contribution is 7.88. The molecule has 1 aromatic heterocycles. The van der Waals surface area contributed by atoms with Crippen molar-refractivity contribution in [3.8, 4) is 0 Å². The second-order valence-electron chi connectivity index (χ2n) is 2.59. The van der Waals surface area contributed by atoms with E-state index in [9.17, 15) is 8.42 Å². The first-order chi connectivity index (χ1) is 6.45. The van der Waals surface area contributed by atoms with Gasteiger partial charge >= 0.3 is 10.1 Å². The van der Waals surface area contributed by atoms with E-state index in [-0.39, 0.29) is 10.3 Å². The predicted molar refractivity (Wildman–Crippen MR) is 52.0 cm³/mol. The van der Waals surface area contributed by atoms with E-state index in [1.54, 1.807) is 6.92 Å². The van der Waals surface area contributed by atoms with Crippen LogP contribution < -0.4 is 0 Å². The van der Waals surface area contributed by atoms with Crippen molar-refractivity contribution in [2.45, 2.75) is 24.2 Å². The van der Waals surface area contributed by atoms with Crippen LogP contribution in [0.15, 0.2) is 10.4 Å². The SMILES string of the molecule is CCOC(C)c1ncc(S(=O)(=O)O)s1. The fourth-order valence-corrected chi connectivity index (χ4v) is 2.41. The Bertz CT molecular complexity index is 398. The van der Waals surface area contributed by atoms with E-state index in [0.29, 0.717) is 11.6 Å². The highest BCUT2D eigenvalue weighted by atomic mass is 32.3. The average molecular weight is 237 g/mol. The van der Waals surface area contributed by atoms with E-state index in [0.717, 1.165) is 17.5 Å². The Morgan fingerprint density at radius 2 is 2.36 bits per heavy atom. The third kappa shape index (κ3) is 2.74. The molecule has 0 saturated carbocycles. The molecule has 0 aromatic carbocycles. The summed E-state index contributed by atoms with van der Waals surface area (Å²) in [5.74, 6) is 0. The number of rotatable bonds is 4. The lowest BCUT2D eigenvalue weighted by atomic mass is 10.4. The molecule has 80 valence electrons. The Labute approximate surface area is 86.5 Å². The molecule has 0 aliphatic carbocycles. The summed E-state index contributed by atoms with van der Waals surface area (Å²) in [7, 11) is -4.13. The van der Waals surface area contributed by atoms with Gasteiger partial charge in [0.1, 0.15) is 11.1 Å². The zero-order valence-electron chi connectivity index (χ0n) is 7.80. The van der Waals surface area contributed by atoms with E-state index in [1.807, 2.05) is 6.92 Å². The van der Waals surface area contributed by atoms with Gasteiger partial charge in [0.15, 0.2) is 4.21 Å². The number of thiazole rings is 1. The van der Waals surface area contributed by atoms with Crippen LogP contribution in [0.5, 0.6) is 0 Å². The van der Waals surface area contributed by atoms with Crippen LogP contribution in [0, 0.1) is 0 Å². The van der Waals surface area contributed by atoms with Crippen molar-refractivity contribution in [1.82, 2.24) is 4.98 Å².